The molecule has 33 heavy (non-hydrogen) atoms. The molecule has 0 unspecified atom stereocenters. The van der Waals surface area contributed by atoms with Crippen LogP contribution in [0.3, 0.4) is 0 Å². The van der Waals surface area contributed by atoms with Crippen LogP contribution in [0.1, 0.15) is 56.2 Å². The number of rotatable bonds is 4. The molecule has 7 nitrogen and oxygen atoms in total. The van der Waals surface area contributed by atoms with Crippen molar-refractivity contribution in [1.82, 2.24) is 15.0 Å². The van der Waals surface area contributed by atoms with Gasteiger partial charge in [-0.2, -0.15) is 0 Å². The third kappa shape index (κ3) is 3.72. The normalized spacial score (nSPS) is 15.3. The SMILES string of the molecule is CC(C)CN1C(=O)c2ccc(C(=O)N3CCc4c(noc4-c4ccc(Cl)cc4)C3)cc2C1=O. The predicted octanol–water partition coefficient (Wildman–Crippen LogP) is 4.45. The van der Waals surface area contributed by atoms with E-state index in [4.69, 9.17) is 16.1 Å². The van der Waals surface area contributed by atoms with Crippen molar-refractivity contribution in [2.24, 2.45) is 5.92 Å². The molecule has 0 atom stereocenters. The van der Waals surface area contributed by atoms with Gasteiger partial charge in [-0.25, -0.2) is 0 Å². The van der Waals surface area contributed by atoms with Crippen LogP contribution >= 0.6 is 11.6 Å². The second-order valence-corrected chi connectivity index (χ2v) is 9.23. The zero-order chi connectivity index (χ0) is 23.3. The molecule has 0 fully saturated rings. The predicted molar refractivity (Wildman–Crippen MR) is 122 cm³/mol. The quantitative estimate of drug-likeness (QED) is 0.534. The Bertz CT molecular complexity index is 1280. The smallest absolute Gasteiger partial charge is 0.261 e. The number of hydrogen-bond donors (Lipinski definition) is 0. The number of imide groups is 1. The van der Waals surface area contributed by atoms with Crippen LogP contribution < -0.4 is 0 Å². The van der Waals surface area contributed by atoms with E-state index < -0.39 is 0 Å². The van der Waals surface area contributed by atoms with E-state index in [2.05, 4.69) is 5.16 Å². The molecule has 3 amide bonds. The first-order chi connectivity index (χ1) is 15.8. The maximum atomic E-state index is 13.2. The average molecular weight is 464 g/mol. The molecule has 0 N–H and O–H groups in total. The first-order valence-electron chi connectivity index (χ1n) is 10.9. The number of benzene rings is 2. The summed E-state index contributed by atoms with van der Waals surface area (Å²) in [5, 5.41) is 4.84. The number of aromatic nitrogens is 1. The third-order valence-corrected chi connectivity index (χ3v) is 6.25. The third-order valence-electron chi connectivity index (χ3n) is 6.00. The molecular formula is C25H22ClN3O4. The van der Waals surface area contributed by atoms with Gasteiger partial charge in [0, 0.05) is 34.8 Å². The van der Waals surface area contributed by atoms with Gasteiger partial charge in [0.25, 0.3) is 17.7 Å². The highest BCUT2D eigenvalue weighted by atomic mass is 35.5. The van der Waals surface area contributed by atoms with Gasteiger partial charge in [-0.3, -0.25) is 19.3 Å². The van der Waals surface area contributed by atoms with E-state index in [0.717, 1.165) is 16.8 Å². The van der Waals surface area contributed by atoms with Gasteiger partial charge < -0.3 is 9.42 Å². The molecule has 2 aromatic carbocycles. The molecule has 0 saturated carbocycles. The molecule has 0 bridgehead atoms. The van der Waals surface area contributed by atoms with E-state index in [9.17, 15) is 14.4 Å². The summed E-state index contributed by atoms with van der Waals surface area (Å²) in [5.41, 5.74) is 3.61. The minimum Gasteiger partial charge on any atom is -0.356 e. The van der Waals surface area contributed by atoms with E-state index in [-0.39, 0.29) is 29.2 Å². The van der Waals surface area contributed by atoms with Crippen LogP contribution in [0, 0.1) is 5.92 Å². The molecular weight excluding hydrogens is 442 g/mol. The van der Waals surface area contributed by atoms with Gasteiger partial charge in [-0.15, -0.1) is 0 Å². The van der Waals surface area contributed by atoms with Crippen molar-refractivity contribution in [3.8, 4) is 11.3 Å². The number of halogens is 1. The Balaban J connectivity index is 1.36. The first kappa shape index (κ1) is 21.4. The fraction of sp³-hybridized carbons (Fsp3) is 0.280. The van der Waals surface area contributed by atoms with Gasteiger partial charge in [0.05, 0.1) is 17.7 Å². The summed E-state index contributed by atoms with van der Waals surface area (Å²) in [5.74, 6) is 0.00446. The van der Waals surface area contributed by atoms with Crippen molar-refractivity contribution >= 4 is 29.3 Å². The summed E-state index contributed by atoms with van der Waals surface area (Å²) < 4.78 is 5.59. The highest BCUT2D eigenvalue weighted by molar-refractivity contribution is 6.30. The van der Waals surface area contributed by atoms with Crippen molar-refractivity contribution in [3.63, 3.8) is 0 Å². The monoisotopic (exact) mass is 463 g/mol. The Kier molecular flexibility index (Phi) is 5.29. The second-order valence-electron chi connectivity index (χ2n) is 8.80. The van der Waals surface area contributed by atoms with E-state index in [1.54, 1.807) is 29.2 Å². The zero-order valence-corrected chi connectivity index (χ0v) is 19.1. The summed E-state index contributed by atoms with van der Waals surface area (Å²) in [7, 11) is 0. The summed E-state index contributed by atoms with van der Waals surface area (Å²) in [4.78, 5) is 41.5. The van der Waals surface area contributed by atoms with E-state index >= 15 is 0 Å². The number of carbonyl (C=O) groups excluding carboxylic acids is 3. The van der Waals surface area contributed by atoms with Gasteiger partial charge in [0.15, 0.2) is 5.76 Å². The fourth-order valence-electron chi connectivity index (χ4n) is 4.37. The average Bonchev–Trinajstić information content (AvgIpc) is 3.33. The van der Waals surface area contributed by atoms with Crippen molar-refractivity contribution in [3.05, 3.63) is 75.4 Å². The lowest BCUT2D eigenvalue weighted by molar-refractivity contribution is 0.0635. The van der Waals surface area contributed by atoms with E-state index in [1.165, 1.54) is 11.0 Å². The largest absolute Gasteiger partial charge is 0.356 e. The summed E-state index contributed by atoms with van der Waals surface area (Å²) >= 11 is 5.98. The second kappa shape index (κ2) is 8.15. The Morgan fingerprint density at radius 3 is 2.55 bits per heavy atom. The van der Waals surface area contributed by atoms with Crippen LogP contribution in [-0.4, -0.2) is 45.8 Å². The van der Waals surface area contributed by atoms with Crippen LogP contribution in [0.25, 0.3) is 11.3 Å². The van der Waals surface area contributed by atoms with E-state index in [1.807, 2.05) is 26.0 Å². The molecule has 3 aromatic rings. The first-order valence-corrected chi connectivity index (χ1v) is 11.2. The summed E-state index contributed by atoms with van der Waals surface area (Å²) in [6.45, 7) is 5.06. The number of hydrogen-bond acceptors (Lipinski definition) is 5. The molecule has 0 spiro atoms. The lowest BCUT2D eigenvalue weighted by Crippen LogP contribution is -2.36. The van der Waals surface area contributed by atoms with Crippen molar-refractivity contribution < 1.29 is 18.9 Å². The number of amides is 3. The molecule has 3 heterocycles. The fourth-order valence-corrected chi connectivity index (χ4v) is 4.50. The molecule has 2 aliphatic rings. The van der Waals surface area contributed by atoms with Crippen molar-refractivity contribution in [2.45, 2.75) is 26.8 Å². The van der Waals surface area contributed by atoms with Crippen LogP contribution in [0.15, 0.2) is 47.0 Å². The number of fused-ring (bicyclic) bond motifs is 2. The molecule has 0 saturated heterocycles. The number of carbonyl (C=O) groups is 3. The maximum absolute atomic E-state index is 13.2. The van der Waals surface area contributed by atoms with Gasteiger partial charge >= 0.3 is 0 Å². The van der Waals surface area contributed by atoms with Crippen molar-refractivity contribution in [2.75, 3.05) is 13.1 Å². The zero-order valence-electron chi connectivity index (χ0n) is 18.3. The Hall–Kier alpha value is -3.45. The lowest BCUT2D eigenvalue weighted by Gasteiger charge is -2.26. The van der Waals surface area contributed by atoms with Gasteiger partial charge in [-0.05, 0) is 54.8 Å². The lowest BCUT2D eigenvalue weighted by atomic mass is 9.99. The Labute approximate surface area is 195 Å². The Morgan fingerprint density at radius 2 is 1.82 bits per heavy atom. The summed E-state index contributed by atoms with van der Waals surface area (Å²) in [6.07, 6.45) is 0.604. The van der Waals surface area contributed by atoms with Crippen molar-refractivity contribution in [1.29, 1.82) is 0 Å². The van der Waals surface area contributed by atoms with Crippen LogP contribution in [0.2, 0.25) is 5.02 Å². The maximum Gasteiger partial charge on any atom is 0.261 e. The topological polar surface area (TPSA) is 83.7 Å². The van der Waals surface area contributed by atoms with Crippen LogP contribution in [0.5, 0.6) is 0 Å². The molecule has 168 valence electrons. The van der Waals surface area contributed by atoms with E-state index in [0.29, 0.717) is 48.0 Å². The highest BCUT2D eigenvalue weighted by Gasteiger charge is 2.37. The molecule has 2 aliphatic heterocycles. The molecule has 0 radical (unpaired) electrons. The molecule has 8 heteroatoms. The van der Waals surface area contributed by atoms with Crippen LogP contribution in [0.4, 0.5) is 0 Å². The minimum absolute atomic E-state index is 0.163. The molecule has 5 rings (SSSR count). The number of nitrogens with zero attached hydrogens (tertiary/aromatic N) is 3. The van der Waals surface area contributed by atoms with Gasteiger partial charge in [0.1, 0.15) is 5.69 Å². The molecule has 0 aliphatic carbocycles. The van der Waals surface area contributed by atoms with Gasteiger partial charge in [0.2, 0.25) is 0 Å². The standard InChI is InChI=1S/C25H22ClN3O4/c1-14(2)12-29-24(31)18-8-5-16(11-20(18)25(29)32)23(30)28-10-9-19-21(13-28)27-33-22(19)15-3-6-17(26)7-4-15/h3-8,11,14H,9-10,12-13H2,1-2H3. The molecule has 1 aromatic heterocycles. The Morgan fingerprint density at radius 1 is 1.09 bits per heavy atom. The summed E-state index contributed by atoms with van der Waals surface area (Å²) in [6, 6.07) is 12.1. The minimum atomic E-state index is -0.344. The van der Waals surface area contributed by atoms with Gasteiger partial charge in [-0.1, -0.05) is 30.6 Å². The highest BCUT2D eigenvalue weighted by Crippen LogP contribution is 2.32. The van der Waals surface area contributed by atoms with Crippen LogP contribution in [-0.2, 0) is 13.0 Å².